The highest BCUT2D eigenvalue weighted by Gasteiger charge is 2.08. The summed E-state index contributed by atoms with van der Waals surface area (Å²) in [5.41, 5.74) is 0.400. The number of rotatable bonds is 7. The number of pyridine rings is 1. The second-order valence-corrected chi connectivity index (χ2v) is 5.34. The first-order valence-electron chi connectivity index (χ1n) is 6.17. The monoisotopic (exact) mass is 304 g/mol. The number of halogens is 2. The Morgan fingerprint density at radius 3 is 2.84 bits per heavy atom. The molecule has 0 spiro atoms. The maximum Gasteiger partial charge on any atom is 0.252 e. The molecule has 0 aliphatic heterocycles. The minimum absolute atomic E-state index is 0.195. The lowest BCUT2D eigenvalue weighted by atomic mass is 10.2. The zero-order valence-corrected chi connectivity index (χ0v) is 12.6. The summed E-state index contributed by atoms with van der Waals surface area (Å²) in [7, 11) is 0. The molecule has 1 rings (SSSR count). The van der Waals surface area contributed by atoms with Crippen LogP contribution in [-0.4, -0.2) is 30.6 Å². The second-order valence-electron chi connectivity index (χ2n) is 4.57. The second kappa shape index (κ2) is 8.35. The van der Waals surface area contributed by atoms with Crippen LogP contribution in [0.25, 0.3) is 0 Å². The molecule has 0 aliphatic rings. The summed E-state index contributed by atoms with van der Waals surface area (Å²) in [5.74, 6) is 0.312. The van der Waals surface area contributed by atoms with Crippen molar-refractivity contribution >= 4 is 29.1 Å². The first-order chi connectivity index (χ1) is 9.00. The average Bonchev–Trinajstić information content (AvgIpc) is 2.36. The number of aromatic nitrogens is 1. The fourth-order valence-corrected chi connectivity index (χ4v) is 1.61. The van der Waals surface area contributed by atoms with Crippen molar-refractivity contribution in [3.05, 3.63) is 28.0 Å². The Balaban J connectivity index is 2.26. The Morgan fingerprint density at radius 1 is 1.47 bits per heavy atom. The van der Waals surface area contributed by atoms with Crippen molar-refractivity contribution in [3.63, 3.8) is 0 Å². The molecule has 0 bridgehead atoms. The summed E-state index contributed by atoms with van der Waals surface area (Å²) in [5, 5.41) is 3.24. The summed E-state index contributed by atoms with van der Waals surface area (Å²) in [6, 6.07) is 1.50. The van der Waals surface area contributed by atoms with E-state index >= 15 is 0 Å². The number of hydrogen-bond donors (Lipinski definition) is 1. The van der Waals surface area contributed by atoms with Gasteiger partial charge in [-0.05, 0) is 18.4 Å². The first kappa shape index (κ1) is 16.2. The summed E-state index contributed by atoms with van der Waals surface area (Å²) in [6.07, 6.45) is 2.17. The van der Waals surface area contributed by atoms with E-state index in [9.17, 15) is 4.79 Å². The van der Waals surface area contributed by atoms with Crippen LogP contribution in [0.4, 0.5) is 0 Å². The van der Waals surface area contributed by atoms with E-state index in [0.717, 1.165) is 13.0 Å². The highest BCUT2D eigenvalue weighted by atomic mass is 35.5. The van der Waals surface area contributed by atoms with Crippen molar-refractivity contribution in [3.8, 4) is 0 Å². The lowest BCUT2D eigenvalue weighted by Crippen LogP contribution is -2.25. The van der Waals surface area contributed by atoms with Gasteiger partial charge in [0.2, 0.25) is 0 Å². The van der Waals surface area contributed by atoms with Gasteiger partial charge in [-0.1, -0.05) is 37.0 Å². The molecule has 1 heterocycles. The van der Waals surface area contributed by atoms with Gasteiger partial charge in [0, 0.05) is 26.0 Å². The molecule has 0 saturated heterocycles. The van der Waals surface area contributed by atoms with Crippen molar-refractivity contribution in [1.29, 1.82) is 0 Å². The van der Waals surface area contributed by atoms with Gasteiger partial charge in [-0.3, -0.25) is 4.79 Å². The number of hydrogen-bond acceptors (Lipinski definition) is 3. The molecule has 0 radical (unpaired) electrons. The molecular weight excluding hydrogens is 287 g/mol. The number of carbonyl (C=O) groups is 1. The maximum atomic E-state index is 11.8. The van der Waals surface area contributed by atoms with Gasteiger partial charge in [0.15, 0.2) is 0 Å². The first-order valence-corrected chi connectivity index (χ1v) is 6.93. The summed E-state index contributed by atoms with van der Waals surface area (Å²) in [6.45, 7) is 6.12. The fraction of sp³-hybridized carbons (Fsp3) is 0.538. The van der Waals surface area contributed by atoms with Crippen LogP contribution in [0.5, 0.6) is 0 Å². The van der Waals surface area contributed by atoms with Crippen molar-refractivity contribution in [2.45, 2.75) is 20.3 Å². The topological polar surface area (TPSA) is 51.2 Å². The summed E-state index contributed by atoms with van der Waals surface area (Å²) < 4.78 is 5.42. The van der Waals surface area contributed by atoms with Gasteiger partial charge in [-0.2, -0.15) is 0 Å². The van der Waals surface area contributed by atoms with Gasteiger partial charge in [0.05, 0.1) is 10.6 Å². The van der Waals surface area contributed by atoms with Gasteiger partial charge >= 0.3 is 0 Å². The van der Waals surface area contributed by atoms with Crippen LogP contribution in [0.3, 0.4) is 0 Å². The van der Waals surface area contributed by atoms with Crippen LogP contribution >= 0.6 is 23.2 Å². The third-order valence-electron chi connectivity index (χ3n) is 2.26. The Kier molecular flexibility index (Phi) is 7.13. The van der Waals surface area contributed by atoms with Crippen molar-refractivity contribution < 1.29 is 9.53 Å². The van der Waals surface area contributed by atoms with Crippen molar-refractivity contribution in [2.24, 2.45) is 5.92 Å². The highest BCUT2D eigenvalue weighted by Crippen LogP contribution is 2.19. The van der Waals surface area contributed by atoms with Crippen molar-refractivity contribution in [2.75, 3.05) is 19.8 Å². The van der Waals surface area contributed by atoms with Crippen LogP contribution in [0.1, 0.15) is 30.6 Å². The number of amides is 1. The predicted molar refractivity (Wildman–Crippen MR) is 76.9 cm³/mol. The van der Waals surface area contributed by atoms with E-state index in [1.165, 1.54) is 12.3 Å². The van der Waals surface area contributed by atoms with E-state index in [4.69, 9.17) is 27.9 Å². The molecule has 19 heavy (non-hydrogen) atoms. The molecule has 1 N–H and O–H groups in total. The van der Waals surface area contributed by atoms with Gasteiger partial charge in [0.1, 0.15) is 5.15 Å². The molecule has 1 aromatic heterocycles. The molecule has 0 aliphatic carbocycles. The molecule has 0 saturated carbocycles. The third kappa shape index (κ3) is 6.23. The Morgan fingerprint density at radius 2 is 2.21 bits per heavy atom. The lowest BCUT2D eigenvalue weighted by Gasteiger charge is -2.08. The molecule has 6 heteroatoms. The fourth-order valence-electron chi connectivity index (χ4n) is 1.34. The van der Waals surface area contributed by atoms with Gasteiger partial charge < -0.3 is 10.1 Å². The quantitative estimate of drug-likeness (QED) is 0.622. The standard InChI is InChI=1S/C13H18Cl2N2O2/c1-9(2)8-19-5-3-4-16-13(18)10-6-11(14)12(15)17-7-10/h6-7,9H,3-5,8H2,1-2H3,(H,16,18). The third-order valence-corrected chi connectivity index (χ3v) is 2.95. The molecule has 1 amide bonds. The summed E-state index contributed by atoms with van der Waals surface area (Å²) in [4.78, 5) is 15.6. The number of nitrogens with one attached hydrogen (secondary N) is 1. The Hall–Kier alpha value is -0.840. The molecule has 4 nitrogen and oxygen atoms in total. The van der Waals surface area contributed by atoms with Crippen LogP contribution in [-0.2, 0) is 4.74 Å². The Labute approximate surface area is 123 Å². The number of nitrogens with zero attached hydrogens (tertiary/aromatic N) is 1. The Bertz CT molecular complexity index is 425. The summed E-state index contributed by atoms with van der Waals surface area (Å²) >= 11 is 11.5. The van der Waals surface area contributed by atoms with Crippen LogP contribution in [0.2, 0.25) is 10.2 Å². The largest absolute Gasteiger partial charge is 0.381 e. The van der Waals surface area contributed by atoms with Crippen molar-refractivity contribution in [1.82, 2.24) is 10.3 Å². The zero-order chi connectivity index (χ0) is 14.3. The van der Waals surface area contributed by atoms with Crippen LogP contribution in [0.15, 0.2) is 12.3 Å². The van der Waals surface area contributed by atoms with Gasteiger partial charge in [-0.15, -0.1) is 0 Å². The number of ether oxygens (including phenoxy) is 1. The molecule has 1 aromatic rings. The highest BCUT2D eigenvalue weighted by molar-refractivity contribution is 6.41. The van der Waals surface area contributed by atoms with E-state index in [1.54, 1.807) is 0 Å². The lowest BCUT2D eigenvalue weighted by molar-refractivity contribution is 0.0924. The minimum Gasteiger partial charge on any atom is -0.381 e. The smallest absolute Gasteiger partial charge is 0.252 e. The maximum absolute atomic E-state index is 11.8. The molecule has 0 unspecified atom stereocenters. The minimum atomic E-state index is -0.213. The zero-order valence-electron chi connectivity index (χ0n) is 11.1. The van der Waals surface area contributed by atoms with Gasteiger partial charge in [0.25, 0.3) is 5.91 Å². The van der Waals surface area contributed by atoms with E-state index in [1.807, 2.05) is 0 Å². The van der Waals surface area contributed by atoms with E-state index < -0.39 is 0 Å². The normalized spacial score (nSPS) is 10.8. The predicted octanol–water partition coefficient (Wildman–Crippen LogP) is 3.18. The van der Waals surface area contributed by atoms with E-state index in [0.29, 0.717) is 24.6 Å². The molecule has 0 fully saturated rings. The SMILES string of the molecule is CC(C)COCCCNC(=O)c1cnc(Cl)c(Cl)c1. The van der Waals surface area contributed by atoms with Gasteiger partial charge in [-0.25, -0.2) is 4.98 Å². The number of carbonyl (C=O) groups excluding carboxylic acids is 1. The van der Waals surface area contributed by atoms with E-state index in [2.05, 4.69) is 24.1 Å². The molecule has 106 valence electrons. The average molecular weight is 305 g/mol. The molecule has 0 atom stereocenters. The van der Waals surface area contributed by atoms with Crippen LogP contribution < -0.4 is 5.32 Å². The van der Waals surface area contributed by atoms with Crippen LogP contribution in [0, 0.1) is 5.92 Å². The molecule has 0 aromatic carbocycles. The molecular formula is C13H18Cl2N2O2. The van der Waals surface area contributed by atoms with E-state index in [-0.39, 0.29) is 16.1 Å².